The first-order chi connectivity index (χ1) is 6.16. The summed E-state index contributed by atoms with van der Waals surface area (Å²) in [6.07, 6.45) is 5.40. The third kappa shape index (κ3) is 2.39. The molecule has 2 rings (SSSR count). The largest absolute Gasteiger partial charge is 0.311 e. The van der Waals surface area contributed by atoms with Crippen LogP contribution < -0.4 is 5.32 Å². The highest BCUT2D eigenvalue weighted by molar-refractivity contribution is 4.87. The molecule has 0 aromatic carbocycles. The lowest BCUT2D eigenvalue weighted by molar-refractivity contribution is -0.0463. The Balaban J connectivity index is 1.78. The summed E-state index contributed by atoms with van der Waals surface area (Å²) in [4.78, 5) is 0. The molecule has 1 atom stereocenters. The summed E-state index contributed by atoms with van der Waals surface area (Å²) in [7, 11) is 0. The monoisotopic (exact) mass is 189 g/mol. The van der Waals surface area contributed by atoms with Crippen LogP contribution in [0.5, 0.6) is 0 Å². The van der Waals surface area contributed by atoms with Crippen molar-refractivity contribution in [2.24, 2.45) is 0 Å². The van der Waals surface area contributed by atoms with Crippen LogP contribution in [0.3, 0.4) is 0 Å². The third-order valence-electron chi connectivity index (χ3n) is 3.22. The second-order valence-electron chi connectivity index (χ2n) is 4.44. The standard InChI is InChI=1S/C10H17F2N/c11-10(12)6-2-5-9(7-10)13-8-3-1-4-8/h8-9,13H,1-7H2. The number of nitrogens with one attached hydrogen (secondary N) is 1. The molecular formula is C10H17F2N. The van der Waals surface area contributed by atoms with Gasteiger partial charge in [-0.2, -0.15) is 0 Å². The number of hydrogen-bond donors (Lipinski definition) is 1. The Morgan fingerprint density at radius 2 is 1.69 bits per heavy atom. The summed E-state index contributed by atoms with van der Waals surface area (Å²) in [5, 5.41) is 3.33. The van der Waals surface area contributed by atoms with Crippen LogP contribution in [-0.4, -0.2) is 18.0 Å². The van der Waals surface area contributed by atoms with E-state index in [1.807, 2.05) is 0 Å². The molecule has 0 bridgehead atoms. The highest BCUT2D eigenvalue weighted by Gasteiger charge is 2.37. The van der Waals surface area contributed by atoms with Gasteiger partial charge in [-0.3, -0.25) is 0 Å². The number of halogens is 2. The van der Waals surface area contributed by atoms with Gasteiger partial charge in [0.1, 0.15) is 0 Å². The fourth-order valence-corrected chi connectivity index (χ4v) is 2.22. The van der Waals surface area contributed by atoms with E-state index < -0.39 is 5.92 Å². The van der Waals surface area contributed by atoms with E-state index in [0.717, 1.165) is 6.42 Å². The molecule has 0 aromatic heterocycles. The van der Waals surface area contributed by atoms with Crippen molar-refractivity contribution in [2.45, 2.75) is 63.0 Å². The number of hydrogen-bond acceptors (Lipinski definition) is 1. The summed E-state index contributed by atoms with van der Waals surface area (Å²) in [6.45, 7) is 0. The van der Waals surface area contributed by atoms with E-state index in [1.54, 1.807) is 0 Å². The molecule has 3 heteroatoms. The molecule has 13 heavy (non-hydrogen) atoms. The van der Waals surface area contributed by atoms with Crippen molar-refractivity contribution in [3.05, 3.63) is 0 Å². The summed E-state index contributed by atoms with van der Waals surface area (Å²) in [5.41, 5.74) is 0. The molecule has 0 heterocycles. The Morgan fingerprint density at radius 1 is 1.00 bits per heavy atom. The van der Waals surface area contributed by atoms with Crippen LogP contribution >= 0.6 is 0 Å². The summed E-state index contributed by atoms with van der Waals surface area (Å²) >= 11 is 0. The average molecular weight is 189 g/mol. The third-order valence-corrected chi connectivity index (χ3v) is 3.22. The minimum Gasteiger partial charge on any atom is -0.311 e. The van der Waals surface area contributed by atoms with Gasteiger partial charge in [0.15, 0.2) is 0 Å². The van der Waals surface area contributed by atoms with Gasteiger partial charge in [0.25, 0.3) is 0 Å². The van der Waals surface area contributed by atoms with Gasteiger partial charge in [-0.25, -0.2) is 8.78 Å². The van der Waals surface area contributed by atoms with Crippen molar-refractivity contribution >= 4 is 0 Å². The van der Waals surface area contributed by atoms with E-state index in [1.165, 1.54) is 19.3 Å². The SMILES string of the molecule is FC1(F)CCCC(NC2CCC2)C1. The van der Waals surface area contributed by atoms with E-state index in [2.05, 4.69) is 5.32 Å². The Morgan fingerprint density at radius 3 is 2.23 bits per heavy atom. The molecule has 2 fully saturated rings. The van der Waals surface area contributed by atoms with Crippen LogP contribution in [0.25, 0.3) is 0 Å². The van der Waals surface area contributed by atoms with Crippen molar-refractivity contribution in [3.8, 4) is 0 Å². The Bertz CT molecular complexity index is 178. The second-order valence-corrected chi connectivity index (χ2v) is 4.44. The van der Waals surface area contributed by atoms with Crippen molar-refractivity contribution in [3.63, 3.8) is 0 Å². The fraction of sp³-hybridized carbons (Fsp3) is 1.00. The van der Waals surface area contributed by atoms with E-state index in [4.69, 9.17) is 0 Å². The maximum Gasteiger partial charge on any atom is 0.249 e. The average Bonchev–Trinajstić information content (AvgIpc) is 1.95. The van der Waals surface area contributed by atoms with Gasteiger partial charge in [0.05, 0.1) is 0 Å². The van der Waals surface area contributed by atoms with Crippen LogP contribution in [0.4, 0.5) is 8.78 Å². The maximum absolute atomic E-state index is 13.0. The molecule has 1 unspecified atom stereocenters. The smallest absolute Gasteiger partial charge is 0.249 e. The molecule has 2 saturated carbocycles. The normalized spacial score (nSPS) is 34.2. The Labute approximate surface area is 77.9 Å². The molecule has 0 amide bonds. The zero-order chi connectivity index (χ0) is 9.31. The minimum absolute atomic E-state index is 0.0590. The van der Waals surface area contributed by atoms with E-state index in [0.29, 0.717) is 12.5 Å². The van der Waals surface area contributed by atoms with Crippen molar-refractivity contribution in [2.75, 3.05) is 0 Å². The highest BCUT2D eigenvalue weighted by atomic mass is 19.3. The molecule has 1 N–H and O–H groups in total. The zero-order valence-electron chi connectivity index (χ0n) is 7.86. The summed E-state index contributed by atoms with van der Waals surface area (Å²) < 4.78 is 26.0. The molecule has 1 nitrogen and oxygen atoms in total. The first kappa shape index (κ1) is 9.38. The second kappa shape index (κ2) is 3.52. The lowest BCUT2D eigenvalue weighted by Crippen LogP contribution is -2.46. The zero-order valence-corrected chi connectivity index (χ0v) is 7.86. The first-order valence-electron chi connectivity index (χ1n) is 5.30. The number of rotatable bonds is 2. The molecule has 0 aliphatic heterocycles. The molecular weight excluding hydrogens is 172 g/mol. The first-order valence-corrected chi connectivity index (χ1v) is 5.30. The molecule has 76 valence electrons. The predicted molar refractivity (Wildman–Crippen MR) is 48.0 cm³/mol. The van der Waals surface area contributed by atoms with Gasteiger partial charge >= 0.3 is 0 Å². The molecule has 0 radical (unpaired) electrons. The van der Waals surface area contributed by atoms with Crippen LogP contribution in [-0.2, 0) is 0 Å². The maximum atomic E-state index is 13.0. The highest BCUT2D eigenvalue weighted by Crippen LogP contribution is 2.34. The lowest BCUT2D eigenvalue weighted by atomic mass is 9.87. The van der Waals surface area contributed by atoms with Crippen LogP contribution in [0, 0.1) is 0 Å². The van der Waals surface area contributed by atoms with E-state index in [-0.39, 0.29) is 18.9 Å². The molecule has 0 saturated heterocycles. The fourth-order valence-electron chi connectivity index (χ4n) is 2.22. The molecule has 2 aliphatic carbocycles. The van der Waals surface area contributed by atoms with Gasteiger partial charge in [0.2, 0.25) is 5.92 Å². The Kier molecular flexibility index (Phi) is 2.54. The van der Waals surface area contributed by atoms with E-state index in [9.17, 15) is 8.78 Å². The van der Waals surface area contributed by atoms with Gasteiger partial charge < -0.3 is 5.32 Å². The van der Waals surface area contributed by atoms with Gasteiger partial charge in [-0.15, -0.1) is 0 Å². The van der Waals surface area contributed by atoms with Crippen molar-refractivity contribution in [1.82, 2.24) is 5.32 Å². The van der Waals surface area contributed by atoms with E-state index >= 15 is 0 Å². The minimum atomic E-state index is -2.40. The quantitative estimate of drug-likeness (QED) is 0.704. The molecule has 2 aliphatic rings. The predicted octanol–water partition coefficient (Wildman–Crippen LogP) is 2.71. The van der Waals surface area contributed by atoms with Gasteiger partial charge in [-0.1, -0.05) is 6.42 Å². The topological polar surface area (TPSA) is 12.0 Å². The van der Waals surface area contributed by atoms with Crippen molar-refractivity contribution < 1.29 is 8.78 Å². The van der Waals surface area contributed by atoms with Crippen LogP contribution in [0.2, 0.25) is 0 Å². The summed E-state index contributed by atoms with van der Waals surface area (Å²) in [5.74, 6) is -2.40. The summed E-state index contributed by atoms with van der Waals surface area (Å²) in [6, 6.07) is 0.618. The molecule has 0 spiro atoms. The molecule has 0 aromatic rings. The van der Waals surface area contributed by atoms with Crippen LogP contribution in [0.15, 0.2) is 0 Å². The van der Waals surface area contributed by atoms with Crippen LogP contribution in [0.1, 0.15) is 44.9 Å². The van der Waals surface area contributed by atoms with Gasteiger partial charge in [-0.05, 0) is 25.7 Å². The lowest BCUT2D eigenvalue weighted by Gasteiger charge is -2.35. The Hall–Kier alpha value is -0.180. The van der Waals surface area contributed by atoms with Gasteiger partial charge in [0, 0.05) is 24.9 Å². The number of alkyl halides is 2. The van der Waals surface area contributed by atoms with Crippen molar-refractivity contribution in [1.29, 1.82) is 0 Å².